The predicted molar refractivity (Wildman–Crippen MR) is 88.2 cm³/mol. The molecule has 7 nitrogen and oxygen atoms in total. The van der Waals surface area contributed by atoms with Gasteiger partial charge in [-0.3, -0.25) is 4.79 Å². The highest BCUT2D eigenvalue weighted by atomic mass is 16.5. The summed E-state index contributed by atoms with van der Waals surface area (Å²) in [6.07, 6.45) is 3.58. The lowest BCUT2D eigenvalue weighted by Gasteiger charge is -2.07. The van der Waals surface area contributed by atoms with Gasteiger partial charge in [0, 0.05) is 17.9 Å². The largest absolute Gasteiger partial charge is 0.462 e. The number of hydrogen-bond acceptors (Lipinski definition) is 6. The quantitative estimate of drug-likeness (QED) is 0.791. The van der Waals surface area contributed by atoms with Crippen molar-refractivity contribution in [3.8, 4) is 0 Å². The van der Waals surface area contributed by atoms with Gasteiger partial charge in [-0.1, -0.05) is 0 Å². The number of anilines is 2. The van der Waals surface area contributed by atoms with Gasteiger partial charge in [-0.2, -0.15) is 0 Å². The summed E-state index contributed by atoms with van der Waals surface area (Å²) < 4.78 is 4.94. The van der Waals surface area contributed by atoms with Crippen LogP contribution in [-0.4, -0.2) is 34.5 Å². The van der Waals surface area contributed by atoms with E-state index in [1.165, 1.54) is 6.20 Å². The molecule has 1 heterocycles. The van der Waals surface area contributed by atoms with Crippen molar-refractivity contribution < 1.29 is 14.3 Å². The molecule has 0 atom stereocenters. The van der Waals surface area contributed by atoms with Crippen molar-refractivity contribution in [2.24, 2.45) is 0 Å². The van der Waals surface area contributed by atoms with Crippen molar-refractivity contribution in [3.63, 3.8) is 0 Å². The average Bonchev–Trinajstić information content (AvgIpc) is 3.40. The molecule has 0 saturated heterocycles. The van der Waals surface area contributed by atoms with Crippen LogP contribution in [0.5, 0.6) is 0 Å². The maximum Gasteiger partial charge on any atom is 0.338 e. The van der Waals surface area contributed by atoms with E-state index in [1.807, 2.05) is 0 Å². The Morgan fingerprint density at radius 1 is 1.21 bits per heavy atom. The highest BCUT2D eigenvalue weighted by molar-refractivity contribution is 5.93. The number of ether oxygens (including phenoxy) is 1. The number of carbonyl (C=O) groups is 2. The lowest BCUT2D eigenvalue weighted by Crippen LogP contribution is -2.26. The van der Waals surface area contributed by atoms with Crippen LogP contribution in [0.3, 0.4) is 0 Å². The second-order valence-electron chi connectivity index (χ2n) is 5.44. The minimum Gasteiger partial charge on any atom is -0.462 e. The molecule has 1 fully saturated rings. The summed E-state index contributed by atoms with van der Waals surface area (Å²) in [6, 6.07) is 8.62. The smallest absolute Gasteiger partial charge is 0.338 e. The van der Waals surface area contributed by atoms with E-state index in [9.17, 15) is 9.59 Å². The Morgan fingerprint density at radius 3 is 2.62 bits per heavy atom. The van der Waals surface area contributed by atoms with E-state index in [0.29, 0.717) is 29.5 Å². The molecular weight excluding hydrogens is 308 g/mol. The van der Waals surface area contributed by atoms with E-state index in [2.05, 4.69) is 20.6 Å². The Bertz CT molecular complexity index is 742. The van der Waals surface area contributed by atoms with Crippen LogP contribution in [0.25, 0.3) is 0 Å². The van der Waals surface area contributed by atoms with Crippen LogP contribution in [0.4, 0.5) is 11.6 Å². The third-order valence-electron chi connectivity index (χ3n) is 3.45. The van der Waals surface area contributed by atoms with Crippen molar-refractivity contribution >= 4 is 23.5 Å². The number of benzene rings is 1. The van der Waals surface area contributed by atoms with Crippen molar-refractivity contribution in [1.82, 2.24) is 15.3 Å². The molecular formula is C17H18N4O3. The van der Waals surface area contributed by atoms with Crippen LogP contribution < -0.4 is 10.6 Å². The Labute approximate surface area is 139 Å². The zero-order valence-corrected chi connectivity index (χ0v) is 13.3. The zero-order chi connectivity index (χ0) is 16.9. The number of hydrogen-bond donors (Lipinski definition) is 2. The molecule has 1 aromatic carbocycles. The van der Waals surface area contributed by atoms with Crippen LogP contribution in [0.1, 0.15) is 40.6 Å². The van der Waals surface area contributed by atoms with Crippen molar-refractivity contribution in [1.29, 1.82) is 0 Å². The summed E-state index contributed by atoms with van der Waals surface area (Å²) in [5.74, 6) is -0.234. The van der Waals surface area contributed by atoms with E-state index in [0.717, 1.165) is 12.8 Å². The molecule has 1 saturated carbocycles. The third kappa shape index (κ3) is 4.07. The summed E-state index contributed by atoms with van der Waals surface area (Å²) in [7, 11) is 0. The zero-order valence-electron chi connectivity index (χ0n) is 13.3. The first-order valence-corrected chi connectivity index (χ1v) is 7.84. The minimum absolute atomic E-state index is 0.194. The number of amides is 1. The molecule has 1 amide bonds. The second-order valence-corrected chi connectivity index (χ2v) is 5.44. The first kappa shape index (κ1) is 15.9. The fourth-order valence-corrected chi connectivity index (χ4v) is 2.07. The molecule has 1 aliphatic carbocycles. The Hall–Kier alpha value is -2.96. The van der Waals surface area contributed by atoms with Gasteiger partial charge in [0.15, 0.2) is 0 Å². The topological polar surface area (TPSA) is 93.2 Å². The minimum atomic E-state index is -0.362. The molecule has 1 aromatic heterocycles. The van der Waals surface area contributed by atoms with Crippen LogP contribution in [0.2, 0.25) is 0 Å². The summed E-state index contributed by atoms with van der Waals surface area (Å²) >= 11 is 0. The van der Waals surface area contributed by atoms with Gasteiger partial charge < -0.3 is 15.4 Å². The van der Waals surface area contributed by atoms with Crippen LogP contribution in [0.15, 0.2) is 36.5 Å². The van der Waals surface area contributed by atoms with Gasteiger partial charge in [0.05, 0.1) is 12.2 Å². The molecule has 0 spiro atoms. The van der Waals surface area contributed by atoms with E-state index in [4.69, 9.17) is 4.74 Å². The molecule has 0 unspecified atom stereocenters. The lowest BCUT2D eigenvalue weighted by molar-refractivity contribution is 0.0526. The Balaban J connectivity index is 1.67. The number of esters is 1. The first-order chi connectivity index (χ1) is 11.7. The SMILES string of the molecule is CCOC(=O)c1ccc(Nc2nccc(C(=O)NC3CC3)n2)cc1. The summed E-state index contributed by atoms with van der Waals surface area (Å²) in [4.78, 5) is 31.9. The second kappa shape index (κ2) is 7.08. The summed E-state index contributed by atoms with van der Waals surface area (Å²) in [6.45, 7) is 2.10. The molecule has 7 heteroatoms. The lowest BCUT2D eigenvalue weighted by atomic mass is 10.2. The maximum absolute atomic E-state index is 12.0. The number of nitrogens with zero attached hydrogens (tertiary/aromatic N) is 2. The van der Waals surface area contributed by atoms with Gasteiger partial charge in [0.1, 0.15) is 5.69 Å². The predicted octanol–water partition coefficient (Wildman–Crippen LogP) is 2.29. The number of nitrogens with one attached hydrogen (secondary N) is 2. The monoisotopic (exact) mass is 326 g/mol. The molecule has 2 N–H and O–H groups in total. The van der Waals surface area contributed by atoms with Crippen LogP contribution >= 0.6 is 0 Å². The van der Waals surface area contributed by atoms with Gasteiger partial charge in [-0.05, 0) is 50.1 Å². The molecule has 124 valence electrons. The van der Waals surface area contributed by atoms with Crippen molar-refractivity contribution in [2.75, 3.05) is 11.9 Å². The van der Waals surface area contributed by atoms with Gasteiger partial charge in [0.2, 0.25) is 5.95 Å². The summed E-state index contributed by atoms with van der Waals surface area (Å²) in [5, 5.41) is 5.90. The Kier molecular flexibility index (Phi) is 4.69. The third-order valence-corrected chi connectivity index (χ3v) is 3.45. The highest BCUT2D eigenvalue weighted by Gasteiger charge is 2.24. The van der Waals surface area contributed by atoms with Gasteiger partial charge in [-0.15, -0.1) is 0 Å². The fraction of sp³-hybridized carbons (Fsp3) is 0.294. The molecule has 24 heavy (non-hydrogen) atoms. The highest BCUT2D eigenvalue weighted by Crippen LogP contribution is 2.19. The standard InChI is InChI=1S/C17H18N4O3/c1-2-24-16(23)11-3-5-13(6-4-11)20-17-18-10-9-14(21-17)15(22)19-12-7-8-12/h3-6,9-10,12H,2,7-8H2,1H3,(H,19,22)(H,18,20,21). The number of rotatable bonds is 6. The van der Waals surface area contributed by atoms with E-state index < -0.39 is 0 Å². The first-order valence-electron chi connectivity index (χ1n) is 7.84. The van der Waals surface area contributed by atoms with Crippen LogP contribution in [-0.2, 0) is 4.74 Å². The van der Waals surface area contributed by atoms with Crippen LogP contribution in [0, 0.1) is 0 Å². The summed E-state index contributed by atoms with van der Waals surface area (Å²) in [5.41, 5.74) is 1.51. The van der Waals surface area contributed by atoms with E-state index >= 15 is 0 Å². The normalized spacial score (nSPS) is 13.2. The molecule has 0 radical (unpaired) electrons. The molecule has 0 bridgehead atoms. The average molecular weight is 326 g/mol. The van der Waals surface area contributed by atoms with E-state index in [-0.39, 0.29) is 17.9 Å². The molecule has 1 aliphatic rings. The van der Waals surface area contributed by atoms with Gasteiger partial charge >= 0.3 is 5.97 Å². The number of aromatic nitrogens is 2. The maximum atomic E-state index is 12.0. The van der Waals surface area contributed by atoms with E-state index in [1.54, 1.807) is 37.3 Å². The fourth-order valence-electron chi connectivity index (χ4n) is 2.07. The molecule has 0 aliphatic heterocycles. The van der Waals surface area contributed by atoms with Gasteiger partial charge in [0.25, 0.3) is 5.91 Å². The number of carbonyl (C=O) groups excluding carboxylic acids is 2. The molecule has 2 aromatic rings. The Morgan fingerprint density at radius 2 is 1.96 bits per heavy atom. The molecule has 3 rings (SSSR count). The van der Waals surface area contributed by atoms with Gasteiger partial charge in [-0.25, -0.2) is 14.8 Å². The van der Waals surface area contributed by atoms with Crippen molar-refractivity contribution in [3.05, 3.63) is 47.8 Å². The van der Waals surface area contributed by atoms with Crippen molar-refractivity contribution in [2.45, 2.75) is 25.8 Å².